The molecule has 1 aliphatic rings. The lowest BCUT2D eigenvalue weighted by molar-refractivity contribution is -0.118. The van der Waals surface area contributed by atoms with Gasteiger partial charge in [-0.15, -0.1) is 10.2 Å². The monoisotopic (exact) mass is 226 g/mol. The van der Waals surface area contributed by atoms with Crippen LogP contribution in [0.3, 0.4) is 0 Å². The quantitative estimate of drug-likeness (QED) is 0.750. The molecule has 82 valence electrons. The van der Waals surface area contributed by atoms with Crippen molar-refractivity contribution >= 4 is 17.7 Å². The molecule has 1 aromatic heterocycles. The topological polar surface area (TPSA) is 59.8 Å². The van der Waals surface area contributed by atoms with Crippen LogP contribution >= 0.6 is 11.8 Å². The van der Waals surface area contributed by atoms with Gasteiger partial charge < -0.3 is 9.88 Å². The van der Waals surface area contributed by atoms with Crippen LogP contribution in [-0.4, -0.2) is 32.5 Å². The number of nitrogens with zero attached hydrogens (tertiary/aromatic N) is 3. The first kappa shape index (κ1) is 10.5. The van der Waals surface area contributed by atoms with E-state index in [1.54, 1.807) is 6.33 Å². The van der Waals surface area contributed by atoms with Crippen molar-refractivity contribution in [3.63, 3.8) is 0 Å². The highest BCUT2D eigenvalue weighted by Gasteiger charge is 2.23. The minimum absolute atomic E-state index is 0.0909. The van der Waals surface area contributed by atoms with Crippen LogP contribution in [0.2, 0.25) is 0 Å². The first-order valence-corrected chi connectivity index (χ1v) is 6.08. The third-order valence-corrected chi connectivity index (χ3v) is 3.18. The van der Waals surface area contributed by atoms with E-state index in [4.69, 9.17) is 0 Å². The molecule has 1 heterocycles. The molecule has 1 aliphatic carbocycles. The number of hydrogen-bond acceptors (Lipinski definition) is 4. The van der Waals surface area contributed by atoms with Gasteiger partial charge in [-0.2, -0.15) is 0 Å². The molecule has 0 bridgehead atoms. The van der Waals surface area contributed by atoms with Crippen LogP contribution in [0.1, 0.15) is 19.8 Å². The van der Waals surface area contributed by atoms with Crippen LogP contribution in [-0.2, 0) is 11.3 Å². The van der Waals surface area contributed by atoms with Crippen LogP contribution in [0.4, 0.5) is 0 Å². The molecule has 1 amide bonds. The number of aryl methyl sites for hydroxylation is 1. The summed E-state index contributed by atoms with van der Waals surface area (Å²) in [6, 6.07) is 0.433. The molecular formula is C9H14N4OS. The maximum atomic E-state index is 11.4. The average molecular weight is 226 g/mol. The summed E-state index contributed by atoms with van der Waals surface area (Å²) in [6.45, 7) is 2.86. The van der Waals surface area contributed by atoms with Crippen molar-refractivity contribution in [3.05, 3.63) is 6.33 Å². The van der Waals surface area contributed by atoms with Crippen molar-refractivity contribution in [2.45, 2.75) is 37.5 Å². The first-order valence-electron chi connectivity index (χ1n) is 5.09. The number of nitrogens with one attached hydrogen (secondary N) is 1. The second-order valence-corrected chi connectivity index (χ2v) is 4.47. The minimum Gasteiger partial charge on any atom is -0.353 e. The summed E-state index contributed by atoms with van der Waals surface area (Å²) in [6.07, 6.45) is 3.93. The summed E-state index contributed by atoms with van der Waals surface area (Å²) in [7, 11) is 0. The lowest BCUT2D eigenvalue weighted by Gasteiger charge is -2.03. The van der Waals surface area contributed by atoms with Crippen molar-refractivity contribution in [2.24, 2.45) is 0 Å². The van der Waals surface area contributed by atoms with Crippen molar-refractivity contribution in [1.82, 2.24) is 20.1 Å². The van der Waals surface area contributed by atoms with Crippen LogP contribution < -0.4 is 5.32 Å². The smallest absolute Gasteiger partial charge is 0.230 e. The fraction of sp³-hybridized carbons (Fsp3) is 0.667. The molecule has 6 heteroatoms. The Hall–Kier alpha value is -1.04. The van der Waals surface area contributed by atoms with Crippen LogP contribution in [0.5, 0.6) is 0 Å². The summed E-state index contributed by atoms with van der Waals surface area (Å²) in [5.74, 6) is 0.517. The molecule has 0 spiro atoms. The highest BCUT2D eigenvalue weighted by molar-refractivity contribution is 7.99. The van der Waals surface area contributed by atoms with Gasteiger partial charge in [0.15, 0.2) is 5.16 Å². The van der Waals surface area contributed by atoms with E-state index in [1.807, 2.05) is 11.5 Å². The van der Waals surface area contributed by atoms with E-state index in [1.165, 1.54) is 11.8 Å². The number of aromatic nitrogens is 3. The van der Waals surface area contributed by atoms with Crippen LogP contribution in [0.15, 0.2) is 11.5 Å². The van der Waals surface area contributed by atoms with E-state index in [2.05, 4.69) is 15.5 Å². The lowest BCUT2D eigenvalue weighted by Crippen LogP contribution is -2.27. The Morgan fingerprint density at radius 3 is 3.20 bits per heavy atom. The molecule has 1 fully saturated rings. The number of carbonyl (C=O) groups is 1. The zero-order chi connectivity index (χ0) is 10.7. The SMILES string of the molecule is CCn1cnnc1SCC(=O)NC1CC1. The van der Waals surface area contributed by atoms with Gasteiger partial charge in [-0.25, -0.2) is 0 Å². The maximum absolute atomic E-state index is 11.4. The van der Waals surface area contributed by atoms with Crippen molar-refractivity contribution < 1.29 is 4.79 Å². The zero-order valence-corrected chi connectivity index (χ0v) is 9.46. The van der Waals surface area contributed by atoms with E-state index >= 15 is 0 Å². The molecule has 0 aromatic carbocycles. The summed E-state index contributed by atoms with van der Waals surface area (Å²) < 4.78 is 1.93. The largest absolute Gasteiger partial charge is 0.353 e. The molecule has 0 unspecified atom stereocenters. The van der Waals surface area contributed by atoms with Gasteiger partial charge in [0.1, 0.15) is 6.33 Å². The normalized spacial score (nSPS) is 15.3. The predicted molar refractivity (Wildman–Crippen MR) is 57.6 cm³/mol. The van der Waals surface area contributed by atoms with Crippen LogP contribution in [0, 0.1) is 0 Å². The van der Waals surface area contributed by atoms with Crippen LogP contribution in [0.25, 0.3) is 0 Å². The van der Waals surface area contributed by atoms with E-state index in [0.29, 0.717) is 11.8 Å². The average Bonchev–Trinajstić information content (AvgIpc) is 2.92. The number of carbonyl (C=O) groups excluding carboxylic acids is 1. The fourth-order valence-corrected chi connectivity index (χ4v) is 1.99. The second kappa shape index (κ2) is 4.65. The Morgan fingerprint density at radius 1 is 1.73 bits per heavy atom. The molecule has 15 heavy (non-hydrogen) atoms. The zero-order valence-electron chi connectivity index (χ0n) is 8.64. The molecular weight excluding hydrogens is 212 g/mol. The van der Waals surface area contributed by atoms with Gasteiger partial charge in [0.2, 0.25) is 5.91 Å². The molecule has 0 aliphatic heterocycles. The lowest BCUT2D eigenvalue weighted by atomic mass is 10.6. The maximum Gasteiger partial charge on any atom is 0.230 e. The standard InChI is InChI=1S/C9H14N4OS/c1-2-13-6-10-12-9(13)15-5-8(14)11-7-3-4-7/h6-7H,2-5H2,1H3,(H,11,14). The summed E-state index contributed by atoms with van der Waals surface area (Å²) in [5.41, 5.74) is 0. The van der Waals surface area contributed by atoms with Gasteiger partial charge in [0, 0.05) is 12.6 Å². The predicted octanol–water partition coefficient (Wildman–Crippen LogP) is 0.669. The highest BCUT2D eigenvalue weighted by Crippen LogP contribution is 2.19. The molecule has 1 aromatic rings. The fourth-order valence-electron chi connectivity index (χ4n) is 1.20. The van der Waals surface area contributed by atoms with Gasteiger partial charge in [0.25, 0.3) is 0 Å². The van der Waals surface area contributed by atoms with Gasteiger partial charge >= 0.3 is 0 Å². The minimum atomic E-state index is 0.0909. The van der Waals surface area contributed by atoms with E-state index in [-0.39, 0.29) is 5.91 Å². The number of hydrogen-bond donors (Lipinski definition) is 1. The Labute approximate surface area is 92.6 Å². The Morgan fingerprint density at radius 2 is 2.53 bits per heavy atom. The summed E-state index contributed by atoms with van der Waals surface area (Å²) >= 11 is 1.43. The van der Waals surface area contributed by atoms with Crippen molar-refractivity contribution in [2.75, 3.05) is 5.75 Å². The molecule has 2 rings (SSSR count). The molecule has 5 nitrogen and oxygen atoms in total. The summed E-state index contributed by atoms with van der Waals surface area (Å²) in [4.78, 5) is 11.4. The molecule has 0 saturated heterocycles. The van der Waals surface area contributed by atoms with E-state index in [9.17, 15) is 4.79 Å². The molecule has 0 radical (unpaired) electrons. The Balaban J connectivity index is 1.78. The van der Waals surface area contributed by atoms with Crippen molar-refractivity contribution in [1.29, 1.82) is 0 Å². The number of rotatable bonds is 5. The number of amides is 1. The summed E-state index contributed by atoms with van der Waals surface area (Å²) in [5, 5.41) is 11.5. The van der Waals surface area contributed by atoms with E-state index < -0.39 is 0 Å². The highest BCUT2D eigenvalue weighted by atomic mass is 32.2. The number of thioether (sulfide) groups is 1. The van der Waals surface area contributed by atoms with Gasteiger partial charge in [0.05, 0.1) is 5.75 Å². The van der Waals surface area contributed by atoms with Gasteiger partial charge in [-0.05, 0) is 19.8 Å². The molecule has 1 N–H and O–H groups in total. The third-order valence-electron chi connectivity index (χ3n) is 2.20. The first-order chi connectivity index (χ1) is 7.29. The molecule has 0 atom stereocenters. The Kier molecular flexibility index (Phi) is 3.25. The van der Waals surface area contributed by atoms with Crippen molar-refractivity contribution in [3.8, 4) is 0 Å². The van der Waals surface area contributed by atoms with Gasteiger partial charge in [-0.1, -0.05) is 11.8 Å². The van der Waals surface area contributed by atoms with E-state index in [0.717, 1.165) is 24.5 Å². The third kappa shape index (κ3) is 2.95. The van der Waals surface area contributed by atoms with Gasteiger partial charge in [-0.3, -0.25) is 4.79 Å². The Bertz CT molecular complexity index is 348. The molecule has 1 saturated carbocycles. The second-order valence-electron chi connectivity index (χ2n) is 3.53.